The number of hydrogen-bond acceptors (Lipinski definition) is 3. The van der Waals surface area contributed by atoms with Gasteiger partial charge in [0.2, 0.25) is 0 Å². The van der Waals surface area contributed by atoms with Gasteiger partial charge in [-0.05, 0) is 29.8 Å². The number of pyridine rings is 1. The van der Waals surface area contributed by atoms with E-state index in [-0.39, 0.29) is 0 Å². The molecule has 0 amide bonds. The third-order valence-electron chi connectivity index (χ3n) is 2.55. The molecule has 0 saturated heterocycles. The smallest absolute Gasteiger partial charge is 0.146 e. The van der Waals surface area contributed by atoms with Gasteiger partial charge in [-0.15, -0.1) is 0 Å². The van der Waals surface area contributed by atoms with Crippen LogP contribution in [0.3, 0.4) is 0 Å². The van der Waals surface area contributed by atoms with E-state index in [0.29, 0.717) is 15.6 Å². The van der Waals surface area contributed by atoms with Crippen molar-refractivity contribution in [1.29, 1.82) is 0 Å². The predicted molar refractivity (Wildman–Crippen MR) is 67.5 cm³/mol. The van der Waals surface area contributed by atoms with Gasteiger partial charge in [0.1, 0.15) is 11.6 Å². The van der Waals surface area contributed by atoms with Crippen molar-refractivity contribution in [3.8, 4) is 0 Å². The predicted octanol–water partition coefficient (Wildman–Crippen LogP) is 2.68. The minimum Gasteiger partial charge on any atom is -0.271 e. The summed E-state index contributed by atoms with van der Waals surface area (Å²) in [6.07, 6.45) is 2.54. The van der Waals surface area contributed by atoms with E-state index in [2.05, 4.69) is 26.3 Å². The van der Waals surface area contributed by atoms with E-state index in [1.807, 2.05) is 0 Å². The molecule has 1 heterocycles. The molecule has 0 bridgehead atoms. The third-order valence-corrected chi connectivity index (χ3v) is 3.27. The minimum absolute atomic E-state index is 0.304. The summed E-state index contributed by atoms with van der Waals surface area (Å²) in [6.45, 7) is 0. The number of aromatic nitrogens is 1. The number of nitrogens with zero attached hydrogens (tertiary/aromatic N) is 1. The summed E-state index contributed by atoms with van der Waals surface area (Å²) < 4.78 is 27.6. The zero-order valence-corrected chi connectivity index (χ0v) is 10.8. The molecule has 0 fully saturated rings. The Morgan fingerprint density at radius 2 is 2.00 bits per heavy atom. The summed E-state index contributed by atoms with van der Waals surface area (Å²) in [6, 6.07) is 5.00. The molecule has 2 aromatic rings. The van der Waals surface area contributed by atoms with Gasteiger partial charge < -0.3 is 0 Å². The van der Waals surface area contributed by atoms with Crippen LogP contribution in [0, 0.1) is 11.6 Å². The van der Waals surface area contributed by atoms with Crippen LogP contribution in [-0.2, 0) is 0 Å². The number of hydrazine groups is 1. The van der Waals surface area contributed by atoms with Crippen LogP contribution < -0.4 is 11.3 Å². The van der Waals surface area contributed by atoms with E-state index in [1.54, 1.807) is 6.07 Å². The average Bonchev–Trinajstić information content (AvgIpc) is 2.36. The first-order valence-corrected chi connectivity index (χ1v) is 5.93. The molecule has 0 saturated carbocycles. The van der Waals surface area contributed by atoms with Crippen molar-refractivity contribution in [2.24, 2.45) is 5.84 Å². The molecule has 1 atom stereocenters. The third kappa shape index (κ3) is 2.55. The normalized spacial score (nSPS) is 12.4. The van der Waals surface area contributed by atoms with Gasteiger partial charge in [0, 0.05) is 16.2 Å². The summed E-state index contributed by atoms with van der Waals surface area (Å²) in [5, 5.41) is 0. The van der Waals surface area contributed by atoms with Crippen molar-refractivity contribution in [2.45, 2.75) is 6.04 Å². The van der Waals surface area contributed by atoms with Crippen LogP contribution in [0.2, 0.25) is 0 Å². The molecular weight excluding hydrogens is 304 g/mol. The van der Waals surface area contributed by atoms with Gasteiger partial charge in [-0.25, -0.2) is 14.2 Å². The van der Waals surface area contributed by atoms with Crippen molar-refractivity contribution in [3.05, 3.63) is 63.9 Å². The molecule has 0 aliphatic rings. The summed E-state index contributed by atoms with van der Waals surface area (Å²) in [5.41, 5.74) is 3.30. The highest BCUT2D eigenvalue weighted by Gasteiger charge is 2.19. The Hall–Kier alpha value is -1.37. The minimum atomic E-state index is -0.655. The number of benzene rings is 1. The molecule has 18 heavy (non-hydrogen) atoms. The van der Waals surface area contributed by atoms with Crippen LogP contribution >= 0.6 is 15.9 Å². The number of nitrogens with two attached hydrogens (primary N) is 1. The van der Waals surface area contributed by atoms with E-state index in [0.717, 1.165) is 6.20 Å². The van der Waals surface area contributed by atoms with Crippen LogP contribution in [-0.4, -0.2) is 4.98 Å². The number of nitrogens with one attached hydrogen (secondary N) is 1. The molecule has 1 unspecified atom stereocenters. The molecule has 3 N–H and O–H groups in total. The molecule has 0 aliphatic carbocycles. The molecule has 0 radical (unpaired) electrons. The fourth-order valence-electron chi connectivity index (χ4n) is 1.70. The van der Waals surface area contributed by atoms with Gasteiger partial charge in [0.25, 0.3) is 0 Å². The molecule has 3 nitrogen and oxygen atoms in total. The van der Waals surface area contributed by atoms with Crippen LogP contribution in [0.25, 0.3) is 0 Å². The Morgan fingerprint density at radius 1 is 1.22 bits per heavy atom. The molecule has 6 heteroatoms. The Balaban J connectivity index is 2.52. The van der Waals surface area contributed by atoms with Crippen LogP contribution in [0.15, 0.2) is 41.1 Å². The first kappa shape index (κ1) is 13.1. The van der Waals surface area contributed by atoms with Gasteiger partial charge in [0.15, 0.2) is 0 Å². The molecule has 0 aliphatic heterocycles. The Labute approximate surface area is 111 Å². The summed E-state index contributed by atoms with van der Waals surface area (Å²) in [4.78, 5) is 3.67. The van der Waals surface area contributed by atoms with Gasteiger partial charge in [-0.2, -0.15) is 0 Å². The van der Waals surface area contributed by atoms with Crippen LogP contribution in [0.1, 0.15) is 17.2 Å². The Bertz CT molecular complexity index is 563. The topological polar surface area (TPSA) is 50.9 Å². The SMILES string of the molecule is NNC(c1ccncc1F)c1cc(F)ccc1Br. The van der Waals surface area contributed by atoms with Gasteiger partial charge in [0.05, 0.1) is 12.2 Å². The lowest BCUT2D eigenvalue weighted by Gasteiger charge is -2.18. The van der Waals surface area contributed by atoms with Crippen molar-refractivity contribution in [1.82, 2.24) is 10.4 Å². The van der Waals surface area contributed by atoms with Gasteiger partial charge >= 0.3 is 0 Å². The second-order valence-corrected chi connectivity index (χ2v) is 4.52. The number of rotatable bonds is 3. The molecule has 0 spiro atoms. The lowest BCUT2D eigenvalue weighted by molar-refractivity contribution is 0.550. The van der Waals surface area contributed by atoms with Gasteiger partial charge in [-0.3, -0.25) is 10.8 Å². The fourth-order valence-corrected chi connectivity index (χ4v) is 2.18. The van der Waals surface area contributed by atoms with Crippen molar-refractivity contribution in [2.75, 3.05) is 0 Å². The molecule has 2 rings (SSSR count). The lowest BCUT2D eigenvalue weighted by Crippen LogP contribution is -2.30. The number of halogens is 3. The summed E-state index contributed by atoms with van der Waals surface area (Å²) in [5.74, 6) is 4.53. The maximum absolute atomic E-state index is 13.7. The van der Waals surface area contributed by atoms with Crippen LogP contribution in [0.4, 0.5) is 8.78 Å². The first-order chi connectivity index (χ1) is 8.63. The fraction of sp³-hybridized carbons (Fsp3) is 0.0833. The molecule has 1 aromatic carbocycles. The standard InChI is InChI=1S/C12H10BrF2N3/c13-10-2-1-7(14)5-9(10)12(18-16)8-3-4-17-6-11(8)15/h1-6,12,18H,16H2. The molecule has 1 aromatic heterocycles. The number of hydrogen-bond donors (Lipinski definition) is 2. The second kappa shape index (κ2) is 5.51. The average molecular weight is 314 g/mol. The highest BCUT2D eigenvalue weighted by atomic mass is 79.9. The quantitative estimate of drug-likeness (QED) is 0.676. The van der Waals surface area contributed by atoms with E-state index in [1.165, 1.54) is 24.4 Å². The lowest BCUT2D eigenvalue weighted by atomic mass is 10.00. The van der Waals surface area contributed by atoms with Crippen LogP contribution in [0.5, 0.6) is 0 Å². The van der Waals surface area contributed by atoms with E-state index in [4.69, 9.17) is 5.84 Å². The van der Waals surface area contributed by atoms with Crippen molar-refractivity contribution >= 4 is 15.9 Å². The van der Waals surface area contributed by atoms with E-state index < -0.39 is 17.7 Å². The zero-order chi connectivity index (χ0) is 13.1. The first-order valence-electron chi connectivity index (χ1n) is 5.14. The molecular formula is C12H10BrF2N3. The zero-order valence-electron chi connectivity index (χ0n) is 9.20. The summed E-state index contributed by atoms with van der Waals surface area (Å²) in [7, 11) is 0. The monoisotopic (exact) mass is 313 g/mol. The second-order valence-electron chi connectivity index (χ2n) is 3.66. The largest absolute Gasteiger partial charge is 0.271 e. The summed E-state index contributed by atoms with van der Waals surface area (Å²) >= 11 is 3.29. The Kier molecular flexibility index (Phi) is 4.00. The van der Waals surface area contributed by atoms with E-state index >= 15 is 0 Å². The highest BCUT2D eigenvalue weighted by Crippen LogP contribution is 2.29. The van der Waals surface area contributed by atoms with E-state index in [9.17, 15) is 8.78 Å². The van der Waals surface area contributed by atoms with Gasteiger partial charge in [-0.1, -0.05) is 15.9 Å². The Morgan fingerprint density at radius 3 is 2.67 bits per heavy atom. The van der Waals surface area contributed by atoms with Crippen molar-refractivity contribution in [3.63, 3.8) is 0 Å². The highest BCUT2D eigenvalue weighted by molar-refractivity contribution is 9.10. The van der Waals surface area contributed by atoms with Crippen molar-refractivity contribution < 1.29 is 8.78 Å². The maximum atomic E-state index is 13.7. The molecule has 94 valence electrons. The maximum Gasteiger partial charge on any atom is 0.146 e.